The van der Waals surface area contributed by atoms with E-state index in [2.05, 4.69) is 5.32 Å². The first-order chi connectivity index (χ1) is 9.45. The molecule has 0 aliphatic heterocycles. The molecule has 0 radical (unpaired) electrons. The molecule has 0 aliphatic carbocycles. The molecule has 0 fully saturated rings. The Labute approximate surface area is 115 Å². The molecule has 0 aromatic heterocycles. The molecule has 5 nitrogen and oxygen atoms in total. The van der Waals surface area contributed by atoms with Crippen LogP contribution in [-0.2, 0) is 0 Å². The average Bonchev–Trinajstić information content (AvgIpc) is 2.38. The standard InChI is InChI=1S/C14H14FN3O2/c1-17(2)13-5-3-11(4-6-13)16-12-7-10(15)8-14(9-12)18(19)20/h3-9,16H,1-2H3. The second kappa shape index (κ2) is 5.56. The van der Waals surface area contributed by atoms with E-state index in [0.717, 1.165) is 17.4 Å². The highest BCUT2D eigenvalue weighted by atomic mass is 19.1. The molecule has 0 aliphatic rings. The van der Waals surface area contributed by atoms with Gasteiger partial charge in [0.15, 0.2) is 0 Å². The molecule has 0 unspecified atom stereocenters. The van der Waals surface area contributed by atoms with Gasteiger partial charge in [-0.3, -0.25) is 10.1 Å². The topological polar surface area (TPSA) is 58.4 Å². The lowest BCUT2D eigenvalue weighted by atomic mass is 10.2. The molecule has 2 aromatic rings. The molecule has 6 heteroatoms. The molecule has 0 spiro atoms. The predicted octanol–water partition coefficient (Wildman–Crippen LogP) is 3.54. The summed E-state index contributed by atoms with van der Waals surface area (Å²) in [5, 5.41) is 13.6. The third kappa shape index (κ3) is 3.23. The fraction of sp³-hybridized carbons (Fsp3) is 0.143. The summed E-state index contributed by atoms with van der Waals surface area (Å²) in [4.78, 5) is 12.0. The highest BCUT2D eigenvalue weighted by Gasteiger charge is 2.09. The van der Waals surface area contributed by atoms with Gasteiger partial charge in [0.1, 0.15) is 5.82 Å². The molecule has 104 valence electrons. The van der Waals surface area contributed by atoms with Gasteiger partial charge in [-0.2, -0.15) is 0 Å². The van der Waals surface area contributed by atoms with Gasteiger partial charge in [0.25, 0.3) is 5.69 Å². The summed E-state index contributed by atoms with van der Waals surface area (Å²) < 4.78 is 13.3. The van der Waals surface area contributed by atoms with Gasteiger partial charge in [-0.15, -0.1) is 0 Å². The van der Waals surface area contributed by atoms with Crippen molar-refractivity contribution in [2.24, 2.45) is 0 Å². The lowest BCUT2D eigenvalue weighted by Crippen LogP contribution is -2.08. The van der Waals surface area contributed by atoms with Crippen molar-refractivity contribution in [2.75, 3.05) is 24.3 Å². The summed E-state index contributed by atoms with van der Waals surface area (Å²) in [7, 11) is 3.86. The van der Waals surface area contributed by atoms with E-state index in [9.17, 15) is 14.5 Å². The number of benzene rings is 2. The summed E-state index contributed by atoms with van der Waals surface area (Å²) >= 11 is 0. The van der Waals surface area contributed by atoms with Crippen LogP contribution in [0.5, 0.6) is 0 Å². The smallest absolute Gasteiger partial charge is 0.274 e. The summed E-state index contributed by atoms with van der Waals surface area (Å²) in [5.41, 5.74) is 1.82. The number of halogens is 1. The van der Waals surface area contributed by atoms with Crippen molar-refractivity contribution in [1.29, 1.82) is 0 Å². The number of rotatable bonds is 4. The first-order valence-electron chi connectivity index (χ1n) is 5.95. The molecule has 0 heterocycles. The normalized spacial score (nSPS) is 10.2. The van der Waals surface area contributed by atoms with Gasteiger partial charge in [-0.25, -0.2) is 4.39 Å². The highest BCUT2D eigenvalue weighted by molar-refractivity contribution is 5.64. The predicted molar refractivity (Wildman–Crippen MR) is 77.1 cm³/mol. The van der Waals surface area contributed by atoms with Gasteiger partial charge in [0, 0.05) is 37.2 Å². The second-order valence-corrected chi connectivity index (χ2v) is 4.52. The minimum atomic E-state index is -0.647. The maximum absolute atomic E-state index is 13.3. The van der Waals surface area contributed by atoms with E-state index < -0.39 is 10.7 Å². The summed E-state index contributed by atoms with van der Waals surface area (Å²) in [6.07, 6.45) is 0. The molecule has 20 heavy (non-hydrogen) atoms. The average molecular weight is 275 g/mol. The molecule has 0 saturated heterocycles. The number of nitro benzene ring substituents is 1. The number of non-ortho nitro benzene ring substituents is 1. The molecule has 0 atom stereocenters. The molecule has 2 rings (SSSR count). The zero-order valence-corrected chi connectivity index (χ0v) is 11.1. The minimum Gasteiger partial charge on any atom is -0.378 e. The Bertz CT molecular complexity index is 627. The van der Waals surface area contributed by atoms with Crippen LogP contribution in [0.4, 0.5) is 27.1 Å². The van der Waals surface area contributed by atoms with Crippen LogP contribution in [0.25, 0.3) is 0 Å². The van der Waals surface area contributed by atoms with Crippen LogP contribution in [0.15, 0.2) is 42.5 Å². The quantitative estimate of drug-likeness (QED) is 0.685. The fourth-order valence-corrected chi connectivity index (χ4v) is 1.76. The van der Waals surface area contributed by atoms with Gasteiger partial charge in [0.05, 0.1) is 11.0 Å². The molecule has 1 N–H and O–H groups in total. The van der Waals surface area contributed by atoms with Crippen LogP contribution in [-0.4, -0.2) is 19.0 Å². The van der Waals surface area contributed by atoms with Crippen LogP contribution < -0.4 is 10.2 Å². The van der Waals surface area contributed by atoms with Crippen molar-refractivity contribution in [3.8, 4) is 0 Å². The molecule has 2 aromatic carbocycles. The lowest BCUT2D eigenvalue weighted by molar-refractivity contribution is -0.385. The number of nitrogens with one attached hydrogen (secondary N) is 1. The largest absolute Gasteiger partial charge is 0.378 e. The van der Waals surface area contributed by atoms with Crippen LogP contribution in [0.1, 0.15) is 0 Å². The Balaban J connectivity index is 2.23. The Hall–Kier alpha value is -2.63. The number of nitro groups is 1. The SMILES string of the molecule is CN(C)c1ccc(Nc2cc(F)cc([N+](=O)[O-])c2)cc1. The van der Waals surface area contributed by atoms with E-state index in [1.54, 1.807) is 0 Å². The Morgan fingerprint density at radius 1 is 1.10 bits per heavy atom. The Morgan fingerprint density at radius 3 is 2.30 bits per heavy atom. The molecule has 0 saturated carbocycles. The van der Waals surface area contributed by atoms with E-state index in [0.29, 0.717) is 5.69 Å². The first-order valence-corrected chi connectivity index (χ1v) is 5.95. The number of hydrogen-bond acceptors (Lipinski definition) is 4. The van der Waals surface area contributed by atoms with Crippen molar-refractivity contribution in [2.45, 2.75) is 0 Å². The monoisotopic (exact) mass is 275 g/mol. The van der Waals surface area contributed by atoms with Crippen LogP contribution in [0.3, 0.4) is 0 Å². The minimum absolute atomic E-state index is 0.280. The zero-order valence-electron chi connectivity index (χ0n) is 11.1. The lowest BCUT2D eigenvalue weighted by Gasteiger charge is -2.13. The first kappa shape index (κ1) is 13.8. The maximum atomic E-state index is 13.3. The van der Waals surface area contributed by atoms with Crippen LogP contribution in [0.2, 0.25) is 0 Å². The molecule has 0 amide bonds. The third-order valence-electron chi connectivity index (χ3n) is 2.77. The van der Waals surface area contributed by atoms with Crippen molar-refractivity contribution in [3.63, 3.8) is 0 Å². The van der Waals surface area contributed by atoms with Crippen molar-refractivity contribution in [1.82, 2.24) is 0 Å². The van der Waals surface area contributed by atoms with E-state index in [4.69, 9.17) is 0 Å². The van der Waals surface area contributed by atoms with E-state index in [1.165, 1.54) is 12.1 Å². The number of anilines is 3. The van der Waals surface area contributed by atoms with E-state index >= 15 is 0 Å². The van der Waals surface area contributed by atoms with Crippen molar-refractivity contribution >= 4 is 22.7 Å². The Morgan fingerprint density at radius 2 is 1.75 bits per heavy atom. The van der Waals surface area contributed by atoms with E-state index in [1.807, 2.05) is 43.3 Å². The summed E-state index contributed by atoms with van der Waals surface area (Å²) in [6, 6.07) is 10.8. The highest BCUT2D eigenvalue weighted by Crippen LogP contribution is 2.24. The van der Waals surface area contributed by atoms with Crippen LogP contribution in [0, 0.1) is 15.9 Å². The van der Waals surface area contributed by atoms with Crippen molar-refractivity contribution in [3.05, 3.63) is 58.4 Å². The van der Waals surface area contributed by atoms with Gasteiger partial charge >= 0.3 is 0 Å². The summed E-state index contributed by atoms with van der Waals surface area (Å²) in [6.45, 7) is 0. The number of hydrogen-bond donors (Lipinski definition) is 1. The zero-order chi connectivity index (χ0) is 14.7. The van der Waals surface area contributed by atoms with Gasteiger partial charge in [-0.05, 0) is 30.3 Å². The van der Waals surface area contributed by atoms with Crippen LogP contribution >= 0.6 is 0 Å². The molecule has 0 bridgehead atoms. The maximum Gasteiger partial charge on any atom is 0.274 e. The van der Waals surface area contributed by atoms with E-state index in [-0.39, 0.29) is 5.69 Å². The van der Waals surface area contributed by atoms with Gasteiger partial charge < -0.3 is 10.2 Å². The Kier molecular flexibility index (Phi) is 3.84. The van der Waals surface area contributed by atoms with Gasteiger partial charge in [-0.1, -0.05) is 0 Å². The second-order valence-electron chi connectivity index (χ2n) is 4.52. The molecular weight excluding hydrogens is 261 g/mol. The molecular formula is C14H14FN3O2. The number of nitrogens with zero attached hydrogens (tertiary/aromatic N) is 2. The fourth-order valence-electron chi connectivity index (χ4n) is 1.76. The van der Waals surface area contributed by atoms with Gasteiger partial charge in [0.2, 0.25) is 0 Å². The summed E-state index contributed by atoms with van der Waals surface area (Å²) in [5.74, 6) is -0.647. The third-order valence-corrected chi connectivity index (χ3v) is 2.77. The van der Waals surface area contributed by atoms with Crippen molar-refractivity contribution < 1.29 is 9.31 Å².